The zero-order valence-corrected chi connectivity index (χ0v) is 21.5. The van der Waals surface area contributed by atoms with Crippen LogP contribution in [0.5, 0.6) is 5.75 Å². The molecule has 0 unspecified atom stereocenters. The van der Waals surface area contributed by atoms with Gasteiger partial charge in [-0.15, -0.1) is 0 Å². The molecule has 0 aliphatic carbocycles. The number of nitrogens with zero attached hydrogens (tertiary/aromatic N) is 2. The lowest BCUT2D eigenvalue weighted by molar-refractivity contribution is 0.102. The van der Waals surface area contributed by atoms with Crippen LogP contribution in [0.25, 0.3) is 10.2 Å². The number of carbonyl (C=O) groups is 1. The standard InChI is InChI=1S/C24H31N3O4S2/c1-15(2)13-27(14-16(3)4)33(29,30)19-10-8-18(9-11-19)23(28)26-24-25-21-20(31-6)12-7-17(5)22(21)32-24/h7-12,15-16H,13-14H2,1-6H3,(H,25,26,28). The summed E-state index contributed by atoms with van der Waals surface area (Å²) >= 11 is 1.37. The van der Waals surface area contributed by atoms with E-state index < -0.39 is 10.0 Å². The number of fused-ring (bicyclic) bond motifs is 1. The molecule has 1 amide bonds. The summed E-state index contributed by atoms with van der Waals surface area (Å²) in [4.78, 5) is 17.5. The fourth-order valence-corrected chi connectivity index (χ4v) is 6.22. The Kier molecular flexibility index (Phi) is 7.76. The Morgan fingerprint density at radius 1 is 1.06 bits per heavy atom. The number of aryl methyl sites for hydroxylation is 1. The third kappa shape index (κ3) is 5.72. The van der Waals surface area contributed by atoms with E-state index in [0.29, 0.717) is 35.1 Å². The van der Waals surface area contributed by atoms with Crippen LogP contribution in [0.2, 0.25) is 0 Å². The van der Waals surface area contributed by atoms with Gasteiger partial charge in [-0.3, -0.25) is 10.1 Å². The van der Waals surface area contributed by atoms with Crippen LogP contribution in [-0.4, -0.2) is 43.8 Å². The van der Waals surface area contributed by atoms with E-state index in [1.54, 1.807) is 7.11 Å². The molecule has 9 heteroatoms. The highest BCUT2D eigenvalue weighted by Gasteiger charge is 2.26. The number of rotatable bonds is 9. The Bertz CT molecular complexity index is 1220. The van der Waals surface area contributed by atoms with E-state index in [2.05, 4.69) is 10.3 Å². The first-order valence-corrected chi connectivity index (χ1v) is 13.1. The van der Waals surface area contributed by atoms with E-state index in [1.807, 2.05) is 46.8 Å². The first-order chi connectivity index (χ1) is 15.5. The quantitative estimate of drug-likeness (QED) is 0.448. The van der Waals surface area contributed by atoms with Crippen molar-refractivity contribution in [1.29, 1.82) is 0 Å². The summed E-state index contributed by atoms with van der Waals surface area (Å²) in [5.41, 5.74) is 2.11. The zero-order chi connectivity index (χ0) is 24.3. The van der Waals surface area contributed by atoms with Crippen molar-refractivity contribution < 1.29 is 17.9 Å². The van der Waals surface area contributed by atoms with Crippen LogP contribution in [0.15, 0.2) is 41.3 Å². The van der Waals surface area contributed by atoms with Crippen molar-refractivity contribution in [2.45, 2.75) is 39.5 Å². The number of methoxy groups -OCH3 is 1. The van der Waals surface area contributed by atoms with Gasteiger partial charge in [-0.1, -0.05) is 45.1 Å². The Labute approximate surface area is 199 Å². The molecule has 0 saturated heterocycles. The minimum absolute atomic E-state index is 0.181. The molecule has 0 aliphatic rings. The fraction of sp³-hybridized carbons (Fsp3) is 0.417. The SMILES string of the molecule is COc1ccc(C)c2sc(NC(=O)c3ccc(S(=O)(=O)N(CC(C)C)CC(C)C)cc3)nc12. The Morgan fingerprint density at radius 2 is 1.67 bits per heavy atom. The molecule has 3 aromatic rings. The molecule has 1 heterocycles. The number of carbonyl (C=O) groups excluding carboxylic acids is 1. The molecule has 33 heavy (non-hydrogen) atoms. The molecule has 7 nitrogen and oxygen atoms in total. The number of hydrogen-bond acceptors (Lipinski definition) is 6. The van der Waals surface area contributed by atoms with E-state index in [4.69, 9.17) is 4.74 Å². The predicted octanol–water partition coefficient (Wildman–Crippen LogP) is 5.17. The second-order valence-electron chi connectivity index (χ2n) is 8.87. The molecule has 1 N–H and O–H groups in total. The number of ether oxygens (including phenoxy) is 1. The molecular weight excluding hydrogens is 458 g/mol. The Morgan fingerprint density at radius 3 is 2.21 bits per heavy atom. The van der Waals surface area contributed by atoms with Gasteiger partial charge in [-0.2, -0.15) is 4.31 Å². The van der Waals surface area contributed by atoms with Crippen LogP contribution in [0.4, 0.5) is 5.13 Å². The topological polar surface area (TPSA) is 88.6 Å². The van der Waals surface area contributed by atoms with Crippen molar-refractivity contribution in [3.63, 3.8) is 0 Å². The summed E-state index contributed by atoms with van der Waals surface area (Å²) in [6, 6.07) is 9.84. The number of anilines is 1. The van der Waals surface area contributed by atoms with Crippen LogP contribution in [-0.2, 0) is 10.0 Å². The maximum Gasteiger partial charge on any atom is 0.257 e. The maximum absolute atomic E-state index is 13.2. The number of sulfonamides is 1. The van der Waals surface area contributed by atoms with E-state index in [-0.39, 0.29) is 22.6 Å². The molecule has 3 rings (SSSR count). The highest BCUT2D eigenvalue weighted by atomic mass is 32.2. The molecule has 0 fully saturated rings. The summed E-state index contributed by atoms with van der Waals surface area (Å²) < 4.78 is 34.2. The zero-order valence-electron chi connectivity index (χ0n) is 19.9. The van der Waals surface area contributed by atoms with Gasteiger partial charge in [0.15, 0.2) is 5.13 Å². The van der Waals surface area contributed by atoms with Crippen LogP contribution in [0.1, 0.15) is 43.6 Å². The van der Waals surface area contributed by atoms with Gasteiger partial charge in [0.05, 0.1) is 16.7 Å². The minimum Gasteiger partial charge on any atom is -0.494 e. The lowest BCUT2D eigenvalue weighted by atomic mass is 10.2. The number of hydrogen-bond donors (Lipinski definition) is 1. The molecule has 1 aromatic heterocycles. The van der Waals surface area contributed by atoms with E-state index in [9.17, 15) is 13.2 Å². The summed E-state index contributed by atoms with van der Waals surface area (Å²) in [5, 5.41) is 3.27. The van der Waals surface area contributed by atoms with Gasteiger partial charge in [-0.05, 0) is 54.7 Å². The van der Waals surface area contributed by atoms with Gasteiger partial charge < -0.3 is 4.74 Å². The van der Waals surface area contributed by atoms with E-state index >= 15 is 0 Å². The Hall–Kier alpha value is -2.49. The number of benzene rings is 2. The van der Waals surface area contributed by atoms with Crippen LogP contribution >= 0.6 is 11.3 Å². The second-order valence-corrected chi connectivity index (χ2v) is 11.8. The molecule has 0 spiro atoms. The minimum atomic E-state index is -3.64. The van der Waals surface area contributed by atoms with E-state index in [1.165, 1.54) is 39.9 Å². The van der Waals surface area contributed by atoms with Crippen molar-refractivity contribution in [1.82, 2.24) is 9.29 Å². The Balaban J connectivity index is 1.81. The smallest absolute Gasteiger partial charge is 0.257 e. The van der Waals surface area contributed by atoms with Gasteiger partial charge in [0, 0.05) is 18.7 Å². The summed E-state index contributed by atoms with van der Waals surface area (Å²) in [5.74, 6) is 0.712. The number of nitrogens with one attached hydrogen (secondary N) is 1. The normalized spacial score (nSPS) is 12.2. The average molecular weight is 490 g/mol. The molecular formula is C24H31N3O4S2. The van der Waals surface area contributed by atoms with Crippen LogP contribution in [0, 0.1) is 18.8 Å². The highest BCUT2D eigenvalue weighted by molar-refractivity contribution is 7.89. The molecule has 0 saturated carbocycles. The van der Waals surface area contributed by atoms with Crippen LogP contribution < -0.4 is 10.1 Å². The van der Waals surface area contributed by atoms with Crippen LogP contribution in [0.3, 0.4) is 0 Å². The first kappa shape index (κ1) is 25.1. The largest absolute Gasteiger partial charge is 0.494 e. The maximum atomic E-state index is 13.2. The van der Waals surface area contributed by atoms with E-state index in [0.717, 1.165) is 10.3 Å². The van der Waals surface area contributed by atoms with Crippen molar-refractivity contribution in [2.75, 3.05) is 25.5 Å². The fourth-order valence-electron chi connectivity index (χ4n) is 3.51. The van der Waals surface area contributed by atoms with Crippen molar-refractivity contribution in [2.24, 2.45) is 11.8 Å². The number of thiazole rings is 1. The number of amides is 1. The molecule has 0 atom stereocenters. The molecule has 0 bridgehead atoms. The molecule has 0 aliphatic heterocycles. The van der Waals surface area contributed by atoms with Gasteiger partial charge in [-0.25, -0.2) is 13.4 Å². The van der Waals surface area contributed by atoms with Gasteiger partial charge in [0.1, 0.15) is 11.3 Å². The van der Waals surface area contributed by atoms with Gasteiger partial charge >= 0.3 is 0 Å². The van der Waals surface area contributed by atoms with Crippen molar-refractivity contribution in [3.05, 3.63) is 47.5 Å². The number of aromatic nitrogens is 1. The second kappa shape index (κ2) is 10.2. The third-order valence-electron chi connectivity index (χ3n) is 5.04. The van der Waals surface area contributed by atoms with Crippen molar-refractivity contribution >= 4 is 42.6 Å². The average Bonchev–Trinajstić information content (AvgIpc) is 3.17. The summed E-state index contributed by atoms with van der Waals surface area (Å²) in [6.45, 7) is 10.9. The molecule has 0 radical (unpaired) electrons. The lowest BCUT2D eigenvalue weighted by Gasteiger charge is -2.25. The predicted molar refractivity (Wildman–Crippen MR) is 134 cm³/mol. The third-order valence-corrected chi connectivity index (χ3v) is 7.99. The van der Waals surface area contributed by atoms with Crippen molar-refractivity contribution in [3.8, 4) is 5.75 Å². The summed E-state index contributed by atoms with van der Waals surface area (Å²) in [7, 11) is -2.06. The first-order valence-electron chi connectivity index (χ1n) is 10.9. The van der Waals surface area contributed by atoms with Gasteiger partial charge in [0.2, 0.25) is 10.0 Å². The van der Waals surface area contributed by atoms with Gasteiger partial charge in [0.25, 0.3) is 5.91 Å². The highest BCUT2D eigenvalue weighted by Crippen LogP contribution is 2.35. The lowest BCUT2D eigenvalue weighted by Crippen LogP contribution is -2.37. The summed E-state index contributed by atoms with van der Waals surface area (Å²) in [6.07, 6.45) is 0. The molecule has 178 valence electrons. The monoisotopic (exact) mass is 489 g/mol. The molecule has 2 aromatic carbocycles.